The lowest BCUT2D eigenvalue weighted by Crippen LogP contribution is -2.40. The van der Waals surface area contributed by atoms with Gasteiger partial charge in [-0.2, -0.15) is 5.26 Å². The highest BCUT2D eigenvalue weighted by molar-refractivity contribution is 7.91. The molecule has 1 amide bonds. The Morgan fingerprint density at radius 3 is 2.45 bits per heavy atom. The first-order valence-electron chi connectivity index (χ1n) is 9.00. The molecule has 2 rings (SSSR count). The third kappa shape index (κ3) is 6.76. The second-order valence-electron chi connectivity index (χ2n) is 6.57. The molecule has 0 aromatic heterocycles. The Balaban J connectivity index is 1.93. The van der Waals surface area contributed by atoms with E-state index in [2.05, 4.69) is 11.9 Å². The lowest BCUT2D eigenvalue weighted by Gasteiger charge is -2.28. The molecule has 1 aromatic carbocycles. The molecule has 1 aromatic rings. The Morgan fingerprint density at radius 2 is 1.90 bits per heavy atom. The van der Waals surface area contributed by atoms with E-state index in [1.54, 1.807) is 12.1 Å². The molecule has 8 nitrogen and oxygen atoms in total. The predicted octanol–water partition coefficient (Wildman–Crippen LogP) is 1.06. The average molecular weight is 417 g/mol. The van der Waals surface area contributed by atoms with E-state index in [1.165, 1.54) is 13.0 Å². The molecular weight excluding hydrogens is 394 g/mol. The van der Waals surface area contributed by atoms with Crippen LogP contribution in [0.2, 0.25) is 0 Å². The molecule has 0 aliphatic carbocycles. The van der Waals surface area contributed by atoms with Gasteiger partial charge in [-0.05, 0) is 30.7 Å². The number of anilines is 1. The van der Waals surface area contributed by atoms with Crippen LogP contribution < -0.4 is 10.2 Å². The number of rotatable bonds is 7. The third-order valence-corrected chi connectivity index (χ3v) is 5.86. The van der Waals surface area contributed by atoms with Gasteiger partial charge in [0, 0.05) is 24.4 Å². The van der Waals surface area contributed by atoms with Crippen LogP contribution in [0.4, 0.5) is 5.69 Å². The van der Waals surface area contributed by atoms with E-state index in [0.29, 0.717) is 18.7 Å². The fraction of sp³-hybridized carbons (Fsp3) is 0.350. The van der Waals surface area contributed by atoms with Crippen LogP contribution >= 0.6 is 0 Å². The second-order valence-corrected chi connectivity index (χ2v) is 8.88. The van der Waals surface area contributed by atoms with Crippen molar-refractivity contribution >= 4 is 33.5 Å². The summed E-state index contributed by atoms with van der Waals surface area (Å²) in [5.41, 5.74) is 1.75. The number of carbonyl (C=O) groups excluding carboxylic acids is 2. The van der Waals surface area contributed by atoms with E-state index in [9.17, 15) is 23.3 Å². The molecule has 9 heteroatoms. The zero-order valence-corrected chi connectivity index (χ0v) is 17.0. The SMILES string of the molecule is C=C(C)C(=O)OCCNC(=O)C(C#N)=Cc1ccc(N2CCS(=O)(=O)CC2)cc1. The van der Waals surface area contributed by atoms with Gasteiger partial charge in [-0.3, -0.25) is 4.79 Å². The lowest BCUT2D eigenvalue weighted by molar-refractivity contribution is -0.139. The van der Waals surface area contributed by atoms with Crippen LogP contribution in [0.3, 0.4) is 0 Å². The number of nitrogens with one attached hydrogen (secondary N) is 1. The maximum Gasteiger partial charge on any atom is 0.333 e. The summed E-state index contributed by atoms with van der Waals surface area (Å²) in [4.78, 5) is 25.4. The van der Waals surface area contributed by atoms with Crippen LogP contribution in [-0.2, 0) is 24.2 Å². The number of ether oxygens (including phenoxy) is 1. The zero-order valence-electron chi connectivity index (χ0n) is 16.2. The summed E-state index contributed by atoms with van der Waals surface area (Å²) in [6.07, 6.45) is 1.46. The van der Waals surface area contributed by atoms with Crippen LogP contribution in [-0.4, -0.2) is 58.0 Å². The first kappa shape index (κ1) is 22.2. The van der Waals surface area contributed by atoms with Gasteiger partial charge in [0.15, 0.2) is 9.84 Å². The molecule has 1 saturated heterocycles. The number of nitriles is 1. The quantitative estimate of drug-likeness (QED) is 0.305. The number of esters is 1. The molecule has 1 aliphatic rings. The minimum absolute atomic E-state index is 0.0175. The second kappa shape index (κ2) is 9.89. The molecule has 0 bridgehead atoms. The maximum atomic E-state index is 12.1. The summed E-state index contributed by atoms with van der Waals surface area (Å²) in [6, 6.07) is 9.03. The molecule has 1 aliphatic heterocycles. The Labute approximate surface area is 170 Å². The van der Waals surface area contributed by atoms with Crippen molar-refractivity contribution in [2.24, 2.45) is 0 Å². The Hall–Kier alpha value is -3.12. The fourth-order valence-corrected chi connectivity index (χ4v) is 3.80. The average Bonchev–Trinajstić information content (AvgIpc) is 2.69. The van der Waals surface area contributed by atoms with Crippen molar-refractivity contribution in [3.05, 3.63) is 47.6 Å². The van der Waals surface area contributed by atoms with Crippen LogP contribution in [0.25, 0.3) is 6.08 Å². The molecule has 1 N–H and O–H groups in total. The zero-order chi connectivity index (χ0) is 21.4. The number of sulfone groups is 1. The van der Waals surface area contributed by atoms with Gasteiger partial charge in [0.05, 0.1) is 18.1 Å². The smallest absolute Gasteiger partial charge is 0.333 e. The van der Waals surface area contributed by atoms with Crippen LogP contribution in [0, 0.1) is 11.3 Å². The predicted molar refractivity (Wildman–Crippen MR) is 110 cm³/mol. The van der Waals surface area contributed by atoms with Crippen molar-refractivity contribution in [1.29, 1.82) is 5.26 Å². The maximum absolute atomic E-state index is 12.1. The van der Waals surface area contributed by atoms with Crippen molar-refractivity contribution in [3.63, 3.8) is 0 Å². The monoisotopic (exact) mass is 417 g/mol. The fourth-order valence-electron chi connectivity index (χ4n) is 2.59. The molecular formula is C20H23N3O5S. The molecule has 29 heavy (non-hydrogen) atoms. The van der Waals surface area contributed by atoms with Crippen LogP contribution in [0.1, 0.15) is 12.5 Å². The van der Waals surface area contributed by atoms with E-state index in [1.807, 2.05) is 23.1 Å². The highest BCUT2D eigenvalue weighted by Gasteiger charge is 2.21. The van der Waals surface area contributed by atoms with Gasteiger partial charge in [0.25, 0.3) is 5.91 Å². The Kier molecular flexibility index (Phi) is 7.56. The Bertz CT molecular complexity index is 945. The third-order valence-electron chi connectivity index (χ3n) is 4.25. The van der Waals surface area contributed by atoms with Gasteiger partial charge in [-0.15, -0.1) is 0 Å². The van der Waals surface area contributed by atoms with Gasteiger partial charge >= 0.3 is 5.97 Å². The number of hydrogen-bond donors (Lipinski definition) is 1. The van der Waals surface area contributed by atoms with Crippen molar-refractivity contribution in [2.75, 3.05) is 42.6 Å². The van der Waals surface area contributed by atoms with Gasteiger partial charge in [-0.1, -0.05) is 18.7 Å². The number of carbonyl (C=O) groups is 2. The van der Waals surface area contributed by atoms with E-state index < -0.39 is 21.7 Å². The molecule has 0 spiro atoms. The normalized spacial score (nSPS) is 15.9. The van der Waals surface area contributed by atoms with E-state index in [-0.39, 0.29) is 35.8 Å². The summed E-state index contributed by atoms with van der Waals surface area (Å²) < 4.78 is 27.9. The highest BCUT2D eigenvalue weighted by Crippen LogP contribution is 2.19. The van der Waals surface area contributed by atoms with Crippen molar-refractivity contribution < 1.29 is 22.7 Å². The molecule has 0 radical (unpaired) electrons. The van der Waals surface area contributed by atoms with Crippen LogP contribution in [0.5, 0.6) is 0 Å². The Morgan fingerprint density at radius 1 is 1.28 bits per heavy atom. The standard InChI is InChI=1S/C20H23N3O5S/c1-15(2)20(25)28-10-7-22-19(24)17(14-21)13-16-3-5-18(6-4-16)23-8-11-29(26,27)12-9-23/h3-6,13H,1,7-12H2,2H3,(H,22,24). The number of benzene rings is 1. The molecule has 0 saturated carbocycles. The highest BCUT2D eigenvalue weighted by atomic mass is 32.2. The van der Waals surface area contributed by atoms with Gasteiger partial charge in [-0.25, -0.2) is 13.2 Å². The van der Waals surface area contributed by atoms with E-state index >= 15 is 0 Å². The molecule has 1 heterocycles. The number of nitrogens with zero attached hydrogens (tertiary/aromatic N) is 2. The summed E-state index contributed by atoms with van der Waals surface area (Å²) in [5, 5.41) is 11.8. The summed E-state index contributed by atoms with van der Waals surface area (Å²) in [7, 11) is -2.94. The topological polar surface area (TPSA) is 117 Å². The minimum atomic E-state index is -2.94. The van der Waals surface area contributed by atoms with Crippen molar-refractivity contribution in [3.8, 4) is 6.07 Å². The molecule has 0 unspecified atom stereocenters. The first-order chi connectivity index (χ1) is 13.7. The summed E-state index contributed by atoms with van der Waals surface area (Å²) in [5.74, 6) is -0.838. The first-order valence-corrected chi connectivity index (χ1v) is 10.8. The molecule has 1 fully saturated rings. The summed E-state index contributed by atoms with van der Waals surface area (Å²) in [6.45, 7) is 5.93. The molecule has 154 valence electrons. The van der Waals surface area contributed by atoms with Gasteiger partial charge < -0.3 is 15.0 Å². The number of amides is 1. The largest absolute Gasteiger partial charge is 0.460 e. The lowest BCUT2D eigenvalue weighted by atomic mass is 10.1. The van der Waals surface area contributed by atoms with Gasteiger partial charge in [0.2, 0.25) is 0 Å². The van der Waals surface area contributed by atoms with Crippen LogP contribution in [0.15, 0.2) is 42.0 Å². The summed E-state index contributed by atoms with van der Waals surface area (Å²) >= 11 is 0. The minimum Gasteiger partial charge on any atom is -0.460 e. The number of hydrogen-bond acceptors (Lipinski definition) is 7. The molecule has 0 atom stereocenters. The van der Waals surface area contributed by atoms with Crippen molar-refractivity contribution in [1.82, 2.24) is 5.32 Å². The van der Waals surface area contributed by atoms with Gasteiger partial charge in [0.1, 0.15) is 18.2 Å². The van der Waals surface area contributed by atoms with E-state index in [4.69, 9.17) is 4.74 Å². The van der Waals surface area contributed by atoms with Crippen molar-refractivity contribution in [2.45, 2.75) is 6.92 Å². The van der Waals surface area contributed by atoms with E-state index in [0.717, 1.165) is 5.69 Å².